The third-order valence-electron chi connectivity index (χ3n) is 8.41. The first-order chi connectivity index (χ1) is 18.4. The lowest BCUT2D eigenvalue weighted by Crippen LogP contribution is -2.33. The number of fused-ring (bicyclic) bond motifs is 3. The number of nitrogens with zero attached hydrogens (tertiary/aromatic N) is 1. The van der Waals surface area contributed by atoms with E-state index in [1.807, 2.05) is 36.5 Å². The summed E-state index contributed by atoms with van der Waals surface area (Å²) in [6.45, 7) is 2.69. The highest BCUT2D eigenvalue weighted by molar-refractivity contribution is 7.12. The predicted molar refractivity (Wildman–Crippen MR) is 147 cm³/mol. The molecule has 8 heteroatoms. The monoisotopic (exact) mass is 518 g/mol. The number of piperidine rings is 1. The van der Waals surface area contributed by atoms with E-state index in [0.29, 0.717) is 29.3 Å². The Bertz CT molecular complexity index is 1910. The maximum atomic E-state index is 13.7. The topological polar surface area (TPSA) is 98.1 Å². The summed E-state index contributed by atoms with van der Waals surface area (Å²) in [5.74, 6) is 0.0493. The minimum absolute atomic E-state index is 0.000284. The van der Waals surface area contributed by atoms with Crippen molar-refractivity contribution in [3.8, 4) is 0 Å². The molecule has 2 atom stereocenters. The number of aryl methyl sites for hydroxylation is 1. The normalized spacial score (nSPS) is 21.3. The van der Waals surface area contributed by atoms with Crippen molar-refractivity contribution in [2.24, 2.45) is 5.92 Å². The van der Waals surface area contributed by atoms with Crippen LogP contribution in [0, 0.1) is 12.8 Å². The molecule has 3 aromatic heterocycles. The van der Waals surface area contributed by atoms with Gasteiger partial charge in [0.2, 0.25) is 0 Å². The largest absolute Gasteiger partial charge is 0.361 e. The number of nitrogens with one attached hydrogen (secondary N) is 3. The lowest BCUT2D eigenvalue weighted by Gasteiger charge is -2.28. The summed E-state index contributed by atoms with van der Waals surface area (Å²) in [6, 6.07) is 13.0. The van der Waals surface area contributed by atoms with Crippen molar-refractivity contribution >= 4 is 56.4 Å². The number of hydrogen-bond donors (Lipinski definition) is 3. The molecule has 0 unspecified atom stereocenters. The summed E-state index contributed by atoms with van der Waals surface area (Å²) in [5.41, 5.74) is 6.38. The van der Waals surface area contributed by atoms with E-state index in [-0.39, 0.29) is 23.0 Å². The van der Waals surface area contributed by atoms with E-state index in [9.17, 15) is 14.4 Å². The van der Waals surface area contributed by atoms with Gasteiger partial charge in [0.1, 0.15) is 0 Å². The van der Waals surface area contributed by atoms with Crippen LogP contribution in [-0.2, 0) is 5.41 Å². The average molecular weight is 519 g/mol. The Hall–Kier alpha value is -4.43. The minimum Gasteiger partial charge on any atom is -0.361 e. The predicted octanol–water partition coefficient (Wildman–Crippen LogP) is 5.77. The van der Waals surface area contributed by atoms with E-state index in [0.717, 1.165) is 49.9 Å². The molecule has 4 heterocycles. The van der Waals surface area contributed by atoms with Crippen molar-refractivity contribution in [1.82, 2.24) is 14.9 Å². The number of hydrogen-bond acceptors (Lipinski definition) is 4. The van der Waals surface area contributed by atoms with E-state index < -0.39 is 0 Å². The van der Waals surface area contributed by atoms with Gasteiger partial charge in [0.05, 0.1) is 10.6 Å². The second-order valence-corrected chi connectivity index (χ2v) is 11.4. The maximum Gasteiger partial charge on any atom is 0.258 e. The Kier molecular flexibility index (Phi) is 4.17. The summed E-state index contributed by atoms with van der Waals surface area (Å²) >= 11 is 1.51. The number of allylic oxidation sites excluding steroid dienone is 2. The molecule has 3 N–H and O–H groups in total. The molecule has 2 aliphatic carbocycles. The Labute approximate surface area is 221 Å². The van der Waals surface area contributed by atoms with Gasteiger partial charge in [0.25, 0.3) is 11.8 Å². The molecule has 186 valence electrons. The van der Waals surface area contributed by atoms with Crippen LogP contribution in [0.3, 0.4) is 0 Å². The molecule has 5 aromatic rings. The Morgan fingerprint density at radius 3 is 2.82 bits per heavy atom. The molecule has 7 nitrogen and oxygen atoms in total. The van der Waals surface area contributed by atoms with Crippen LogP contribution in [-0.4, -0.2) is 39.0 Å². The number of thiophene rings is 1. The number of anilines is 1. The van der Waals surface area contributed by atoms with Gasteiger partial charge < -0.3 is 20.2 Å². The van der Waals surface area contributed by atoms with Crippen LogP contribution in [0.5, 0.6) is 0 Å². The second kappa shape index (κ2) is 7.33. The molecule has 38 heavy (non-hydrogen) atoms. The van der Waals surface area contributed by atoms with Gasteiger partial charge in [-0.3, -0.25) is 14.4 Å². The van der Waals surface area contributed by atoms with E-state index >= 15 is 0 Å². The van der Waals surface area contributed by atoms with E-state index in [4.69, 9.17) is 0 Å². The highest BCUT2D eigenvalue weighted by atomic mass is 32.1. The average Bonchev–Trinajstić information content (AvgIpc) is 3.39. The summed E-state index contributed by atoms with van der Waals surface area (Å²) in [7, 11) is 0. The van der Waals surface area contributed by atoms with Crippen LogP contribution >= 0.6 is 11.3 Å². The molecule has 1 spiro atoms. The van der Waals surface area contributed by atoms with Gasteiger partial charge in [-0.1, -0.05) is 6.07 Å². The van der Waals surface area contributed by atoms with Crippen LogP contribution in [0.4, 0.5) is 5.69 Å². The van der Waals surface area contributed by atoms with Gasteiger partial charge in [0, 0.05) is 63.7 Å². The van der Waals surface area contributed by atoms with E-state index in [1.165, 1.54) is 11.3 Å². The third-order valence-corrected chi connectivity index (χ3v) is 9.52. The fourth-order valence-electron chi connectivity index (χ4n) is 6.53. The first-order valence-electron chi connectivity index (χ1n) is 12.6. The molecule has 1 saturated heterocycles. The van der Waals surface area contributed by atoms with Crippen molar-refractivity contribution in [1.29, 1.82) is 0 Å². The van der Waals surface area contributed by atoms with Gasteiger partial charge >= 0.3 is 0 Å². The Balaban J connectivity index is 1.08. The SMILES string of the molecule is Cc1csc2c1[C@@]13C[C@@H]1CN(C(=O)c1ccc4c(NC(=O)c5ccc6cc[nH]c6c5)c[nH]c4c1)C3=CC2=O. The molecular formula is C30H22N4O3S. The quantitative estimate of drug-likeness (QED) is 0.283. The zero-order valence-corrected chi connectivity index (χ0v) is 21.2. The fourth-order valence-corrected chi connectivity index (χ4v) is 7.58. The van der Waals surface area contributed by atoms with Crippen molar-refractivity contribution in [2.45, 2.75) is 18.8 Å². The summed E-state index contributed by atoms with van der Waals surface area (Å²) in [4.78, 5) is 48.5. The van der Waals surface area contributed by atoms with Crippen molar-refractivity contribution in [3.05, 3.63) is 99.1 Å². The van der Waals surface area contributed by atoms with Crippen LogP contribution in [0.1, 0.15) is 47.9 Å². The van der Waals surface area contributed by atoms with Crippen LogP contribution < -0.4 is 5.32 Å². The minimum atomic E-state index is -0.207. The third kappa shape index (κ3) is 2.80. The molecule has 8 rings (SSSR count). The van der Waals surface area contributed by atoms with Crippen molar-refractivity contribution < 1.29 is 14.4 Å². The van der Waals surface area contributed by atoms with Gasteiger partial charge in [-0.15, -0.1) is 11.3 Å². The molecule has 1 aliphatic heterocycles. The fraction of sp³-hybridized carbons (Fsp3) is 0.167. The zero-order chi connectivity index (χ0) is 25.8. The molecule has 0 bridgehead atoms. The number of amides is 2. The van der Waals surface area contributed by atoms with Crippen molar-refractivity contribution in [2.75, 3.05) is 11.9 Å². The zero-order valence-electron chi connectivity index (χ0n) is 20.4. The lowest BCUT2D eigenvalue weighted by molar-refractivity contribution is 0.0811. The number of aromatic amines is 2. The van der Waals surface area contributed by atoms with Gasteiger partial charge in [-0.2, -0.15) is 0 Å². The Morgan fingerprint density at radius 2 is 1.92 bits per heavy atom. The number of carbonyl (C=O) groups excluding carboxylic acids is 3. The molecule has 0 radical (unpaired) electrons. The molecular weight excluding hydrogens is 496 g/mol. The molecule has 1 saturated carbocycles. The summed E-state index contributed by atoms with van der Waals surface area (Å²) in [6.07, 6.45) is 6.27. The van der Waals surface area contributed by atoms with Crippen LogP contribution in [0.15, 0.2) is 72.0 Å². The number of ketones is 1. The van der Waals surface area contributed by atoms with Crippen molar-refractivity contribution in [3.63, 3.8) is 0 Å². The van der Waals surface area contributed by atoms with Crippen LogP contribution in [0.25, 0.3) is 21.8 Å². The number of H-pyrrole nitrogens is 2. The Morgan fingerprint density at radius 1 is 1.08 bits per heavy atom. The summed E-state index contributed by atoms with van der Waals surface area (Å²) < 4.78 is 0. The number of aromatic nitrogens is 2. The van der Waals surface area contributed by atoms with E-state index in [1.54, 1.807) is 29.3 Å². The van der Waals surface area contributed by atoms with Crippen LogP contribution in [0.2, 0.25) is 0 Å². The number of benzene rings is 2. The first kappa shape index (κ1) is 21.6. The lowest BCUT2D eigenvalue weighted by atomic mass is 9.84. The second-order valence-electron chi connectivity index (χ2n) is 10.5. The number of carbonyl (C=O) groups is 3. The van der Waals surface area contributed by atoms with Gasteiger partial charge in [0.15, 0.2) is 5.78 Å². The number of rotatable bonds is 3. The molecule has 2 aromatic carbocycles. The highest BCUT2D eigenvalue weighted by Gasteiger charge is 2.68. The molecule has 3 aliphatic rings. The highest BCUT2D eigenvalue weighted by Crippen LogP contribution is 2.68. The maximum absolute atomic E-state index is 13.7. The number of likely N-dealkylation sites (tertiary alicyclic amines) is 1. The first-order valence-corrected chi connectivity index (χ1v) is 13.5. The van der Waals surface area contributed by atoms with Gasteiger partial charge in [-0.05, 0) is 77.6 Å². The smallest absolute Gasteiger partial charge is 0.258 e. The van der Waals surface area contributed by atoms with E-state index in [2.05, 4.69) is 27.6 Å². The molecule has 2 amide bonds. The standard InChI is InChI=1S/C30H22N4O3S/c1-15-14-38-27-24(35)10-25-30(26(15)27)11-19(30)13-34(25)29(37)18-4-5-20-22(9-18)32-12-23(20)33-28(36)17-3-2-16-6-7-31-21(16)8-17/h2-10,12,14,19,31-32H,11,13H2,1H3,(H,33,36)/t19-,30+/m1/s1. The summed E-state index contributed by atoms with van der Waals surface area (Å²) in [5, 5.41) is 6.91. The molecule has 2 fully saturated rings. The van der Waals surface area contributed by atoms with Gasteiger partial charge in [-0.25, -0.2) is 0 Å².